The minimum atomic E-state index is -4.29. The highest BCUT2D eigenvalue weighted by molar-refractivity contribution is 7.95. The molecule has 1 rings (SSSR count). The molecule has 0 unspecified atom stereocenters. The highest BCUT2D eigenvalue weighted by atomic mass is 32.2. The zero-order chi connectivity index (χ0) is 13.8. The average molecular weight is 272 g/mol. The van der Waals surface area contributed by atoms with E-state index < -0.39 is 26.5 Å². The monoisotopic (exact) mass is 272 g/mol. The van der Waals surface area contributed by atoms with Crippen LogP contribution in [0.3, 0.4) is 0 Å². The lowest BCUT2D eigenvalue weighted by molar-refractivity contribution is -0.138. The van der Waals surface area contributed by atoms with E-state index in [9.17, 15) is 17.6 Å². The predicted octanol–water partition coefficient (Wildman–Crippen LogP) is 2.22. The third-order valence-corrected chi connectivity index (χ3v) is 3.84. The highest BCUT2D eigenvalue weighted by Crippen LogP contribution is 2.23. The van der Waals surface area contributed by atoms with Gasteiger partial charge in [0.05, 0.1) is 17.1 Å². The minimum absolute atomic E-state index is 0.0504. The molecular weight excluding hydrogens is 259 g/mol. The van der Waals surface area contributed by atoms with E-state index in [-0.39, 0.29) is 11.5 Å². The molecule has 0 bridgehead atoms. The molecule has 0 amide bonds. The number of hydrogen-bond acceptors (Lipinski definition) is 4. The number of hydrogen-bond donors (Lipinski definition) is 0. The highest BCUT2D eigenvalue weighted by Gasteiger charge is 2.26. The largest absolute Gasteiger partial charge is 0.463 e. The number of benzene rings is 1. The number of carbonyl (C=O) groups excluding carboxylic acids is 1. The lowest BCUT2D eigenvalue weighted by Gasteiger charge is -2.05. The zero-order valence-electron chi connectivity index (χ0n) is 10.0. The molecule has 1 aromatic carbocycles. The van der Waals surface area contributed by atoms with Crippen molar-refractivity contribution in [3.63, 3.8) is 0 Å². The molecule has 0 saturated heterocycles. The Morgan fingerprint density at radius 3 is 2.33 bits per heavy atom. The first-order valence-corrected chi connectivity index (χ1v) is 6.73. The topological polar surface area (TPSA) is 60.4 Å². The van der Waals surface area contributed by atoms with Crippen LogP contribution in [0.25, 0.3) is 0 Å². The molecule has 0 aliphatic rings. The standard InChI is InChI=1S/C12H13FO4S/c1-3-17-12(14)9(2)11(13)18(15,16)10-7-5-4-6-8-10/h4-8H,3H2,1-2H3/b11-9+. The molecule has 0 N–H and O–H groups in total. The molecule has 18 heavy (non-hydrogen) atoms. The maximum atomic E-state index is 13.8. The van der Waals surface area contributed by atoms with E-state index in [2.05, 4.69) is 4.74 Å². The Balaban J connectivity index is 3.21. The molecule has 0 radical (unpaired) electrons. The van der Waals surface area contributed by atoms with Crippen LogP contribution in [0.1, 0.15) is 13.8 Å². The molecule has 6 heteroatoms. The fraction of sp³-hybridized carbons (Fsp3) is 0.250. The Labute approximate surface area is 105 Å². The van der Waals surface area contributed by atoms with Gasteiger partial charge in [-0.1, -0.05) is 18.2 Å². The summed E-state index contributed by atoms with van der Waals surface area (Å²) in [5.74, 6) is -0.977. The van der Waals surface area contributed by atoms with Crippen molar-refractivity contribution in [1.82, 2.24) is 0 Å². The summed E-state index contributed by atoms with van der Waals surface area (Å²) >= 11 is 0. The second-order valence-corrected chi connectivity index (χ2v) is 5.27. The van der Waals surface area contributed by atoms with Crippen LogP contribution in [0.5, 0.6) is 0 Å². The minimum Gasteiger partial charge on any atom is -0.463 e. The molecule has 1 aromatic rings. The molecule has 0 aliphatic carbocycles. The van der Waals surface area contributed by atoms with Crippen LogP contribution in [-0.4, -0.2) is 21.0 Å². The van der Waals surface area contributed by atoms with E-state index in [0.29, 0.717) is 0 Å². The second-order valence-electron chi connectivity index (χ2n) is 3.44. The first-order chi connectivity index (χ1) is 8.41. The van der Waals surface area contributed by atoms with Gasteiger partial charge >= 0.3 is 5.97 Å². The van der Waals surface area contributed by atoms with Crippen molar-refractivity contribution in [1.29, 1.82) is 0 Å². The van der Waals surface area contributed by atoms with Crippen LogP contribution < -0.4 is 0 Å². The first-order valence-electron chi connectivity index (χ1n) is 5.25. The van der Waals surface area contributed by atoms with Gasteiger partial charge in [0.25, 0.3) is 0 Å². The summed E-state index contributed by atoms with van der Waals surface area (Å²) in [6.07, 6.45) is 0. The number of halogens is 1. The average Bonchev–Trinajstić information content (AvgIpc) is 2.38. The van der Waals surface area contributed by atoms with Gasteiger partial charge in [-0.2, -0.15) is 4.39 Å². The normalized spacial score (nSPS) is 12.8. The van der Waals surface area contributed by atoms with E-state index in [1.165, 1.54) is 24.3 Å². The third kappa shape index (κ3) is 2.95. The summed E-state index contributed by atoms with van der Waals surface area (Å²) in [4.78, 5) is 11.1. The smallest absolute Gasteiger partial charge is 0.337 e. The first kappa shape index (κ1) is 14.4. The number of esters is 1. The molecule has 98 valence electrons. The van der Waals surface area contributed by atoms with Gasteiger partial charge in [0.2, 0.25) is 15.0 Å². The van der Waals surface area contributed by atoms with E-state index in [0.717, 1.165) is 6.92 Å². The SMILES string of the molecule is CCOC(=O)/C(C)=C(\F)S(=O)(=O)c1ccccc1. The van der Waals surface area contributed by atoms with Gasteiger partial charge < -0.3 is 4.74 Å². The summed E-state index contributed by atoms with van der Waals surface area (Å²) in [6, 6.07) is 7.07. The summed E-state index contributed by atoms with van der Waals surface area (Å²) in [7, 11) is -4.29. The van der Waals surface area contributed by atoms with Gasteiger partial charge in [-0.3, -0.25) is 0 Å². The molecule has 0 spiro atoms. The number of carbonyl (C=O) groups is 1. The Bertz CT molecular complexity index is 561. The number of sulfone groups is 1. The molecule has 0 aromatic heterocycles. The molecule has 4 nitrogen and oxygen atoms in total. The lowest BCUT2D eigenvalue weighted by atomic mass is 10.3. The zero-order valence-corrected chi connectivity index (χ0v) is 10.8. The van der Waals surface area contributed by atoms with Crippen molar-refractivity contribution >= 4 is 15.8 Å². The summed E-state index contributed by atoms with van der Waals surface area (Å²) in [6.45, 7) is 2.68. The Morgan fingerprint density at radius 1 is 1.28 bits per heavy atom. The predicted molar refractivity (Wildman–Crippen MR) is 64.1 cm³/mol. The van der Waals surface area contributed by atoms with E-state index in [1.807, 2.05) is 0 Å². The maximum Gasteiger partial charge on any atom is 0.337 e. The van der Waals surface area contributed by atoms with E-state index >= 15 is 0 Å². The molecule has 0 heterocycles. The summed E-state index contributed by atoms with van der Waals surface area (Å²) in [5, 5.41) is -1.48. The second kappa shape index (κ2) is 5.77. The van der Waals surface area contributed by atoms with Crippen molar-refractivity contribution in [2.24, 2.45) is 0 Å². The fourth-order valence-electron chi connectivity index (χ4n) is 1.22. The van der Waals surface area contributed by atoms with Crippen LogP contribution >= 0.6 is 0 Å². The third-order valence-electron chi connectivity index (χ3n) is 2.17. The van der Waals surface area contributed by atoms with Crippen molar-refractivity contribution < 1.29 is 22.3 Å². The van der Waals surface area contributed by atoms with Gasteiger partial charge in [-0.15, -0.1) is 0 Å². The summed E-state index contributed by atoms with van der Waals surface area (Å²) < 4.78 is 42.1. The van der Waals surface area contributed by atoms with Crippen molar-refractivity contribution in [2.45, 2.75) is 18.7 Å². The van der Waals surface area contributed by atoms with Crippen LogP contribution in [-0.2, 0) is 19.4 Å². The van der Waals surface area contributed by atoms with Gasteiger partial charge in [0.1, 0.15) is 0 Å². The van der Waals surface area contributed by atoms with Gasteiger partial charge in [0, 0.05) is 0 Å². The molecule has 0 fully saturated rings. The molecule has 0 atom stereocenters. The lowest BCUT2D eigenvalue weighted by Crippen LogP contribution is -2.11. The number of rotatable bonds is 4. The Hall–Kier alpha value is -1.69. The van der Waals surface area contributed by atoms with E-state index in [1.54, 1.807) is 13.0 Å². The fourth-order valence-corrected chi connectivity index (χ4v) is 2.43. The maximum absolute atomic E-state index is 13.8. The van der Waals surface area contributed by atoms with E-state index in [4.69, 9.17) is 0 Å². The van der Waals surface area contributed by atoms with Crippen LogP contribution in [0.15, 0.2) is 46.0 Å². The van der Waals surface area contributed by atoms with Crippen LogP contribution in [0, 0.1) is 0 Å². The van der Waals surface area contributed by atoms with Crippen LogP contribution in [0.4, 0.5) is 4.39 Å². The number of ether oxygens (including phenoxy) is 1. The molecule has 0 aliphatic heterocycles. The summed E-state index contributed by atoms with van der Waals surface area (Å²) in [5.41, 5.74) is -0.555. The van der Waals surface area contributed by atoms with Crippen molar-refractivity contribution in [3.05, 3.63) is 41.1 Å². The molecular formula is C12H13FO4S. The quantitative estimate of drug-likeness (QED) is 0.623. The van der Waals surface area contributed by atoms with Gasteiger partial charge in [0.15, 0.2) is 0 Å². The van der Waals surface area contributed by atoms with Gasteiger partial charge in [-0.05, 0) is 26.0 Å². The van der Waals surface area contributed by atoms with Gasteiger partial charge in [-0.25, -0.2) is 13.2 Å². The van der Waals surface area contributed by atoms with Crippen LogP contribution in [0.2, 0.25) is 0 Å². The molecule has 0 saturated carbocycles. The van der Waals surface area contributed by atoms with Crippen molar-refractivity contribution in [3.8, 4) is 0 Å². The Morgan fingerprint density at radius 2 is 1.83 bits per heavy atom. The van der Waals surface area contributed by atoms with Crippen molar-refractivity contribution in [2.75, 3.05) is 6.61 Å². The Kier molecular flexibility index (Phi) is 4.61.